The highest BCUT2D eigenvalue weighted by molar-refractivity contribution is 9.10. The van der Waals surface area contributed by atoms with Gasteiger partial charge in [0.15, 0.2) is 0 Å². The first-order valence-electron chi connectivity index (χ1n) is 8.19. The first kappa shape index (κ1) is 16.0. The van der Waals surface area contributed by atoms with Crippen LogP contribution < -0.4 is 5.32 Å². The van der Waals surface area contributed by atoms with Crippen molar-refractivity contribution in [3.63, 3.8) is 0 Å². The summed E-state index contributed by atoms with van der Waals surface area (Å²) in [5, 5.41) is 3.59. The predicted molar refractivity (Wildman–Crippen MR) is 91.1 cm³/mol. The summed E-state index contributed by atoms with van der Waals surface area (Å²) in [6.45, 7) is 4.61. The first-order valence-corrected chi connectivity index (χ1v) is 8.99. The zero-order chi connectivity index (χ0) is 14.3. The van der Waals surface area contributed by atoms with E-state index in [1.807, 2.05) is 0 Å². The number of rotatable bonds is 8. The Balaban J connectivity index is 1.83. The Morgan fingerprint density at radius 2 is 1.75 bits per heavy atom. The summed E-state index contributed by atoms with van der Waals surface area (Å²) in [5.74, 6) is 0. The van der Waals surface area contributed by atoms with Crippen molar-refractivity contribution in [2.24, 2.45) is 5.41 Å². The van der Waals surface area contributed by atoms with Crippen LogP contribution in [0.1, 0.15) is 57.4 Å². The summed E-state index contributed by atoms with van der Waals surface area (Å²) in [4.78, 5) is 0. The molecule has 1 aliphatic rings. The van der Waals surface area contributed by atoms with Gasteiger partial charge in [0.2, 0.25) is 0 Å². The number of hydrogen-bond donors (Lipinski definition) is 1. The Morgan fingerprint density at radius 1 is 1.05 bits per heavy atom. The maximum Gasteiger partial charge on any atom is 0.0175 e. The lowest BCUT2D eigenvalue weighted by atomic mass is 9.77. The van der Waals surface area contributed by atoms with Gasteiger partial charge in [0.25, 0.3) is 0 Å². The van der Waals surface area contributed by atoms with Crippen LogP contribution in [0, 0.1) is 5.41 Å². The molecule has 0 saturated heterocycles. The van der Waals surface area contributed by atoms with Gasteiger partial charge in [0, 0.05) is 4.47 Å². The van der Waals surface area contributed by atoms with E-state index in [2.05, 4.69) is 52.4 Å². The maximum atomic E-state index is 3.59. The van der Waals surface area contributed by atoms with Gasteiger partial charge in [0.05, 0.1) is 0 Å². The Bertz CT molecular complexity index is 379. The largest absolute Gasteiger partial charge is 0.317 e. The molecule has 0 bridgehead atoms. The molecule has 0 atom stereocenters. The fourth-order valence-corrected chi connectivity index (χ4v) is 3.73. The molecular formula is C18H28BrN. The molecule has 0 unspecified atom stereocenters. The number of nitrogens with one attached hydrogen (secondary N) is 1. The van der Waals surface area contributed by atoms with Crippen LogP contribution in [0.2, 0.25) is 0 Å². The molecule has 1 aromatic carbocycles. The monoisotopic (exact) mass is 337 g/mol. The summed E-state index contributed by atoms with van der Waals surface area (Å²) >= 11 is 3.51. The summed E-state index contributed by atoms with van der Waals surface area (Å²) < 4.78 is 1.18. The quantitative estimate of drug-likeness (QED) is 0.632. The van der Waals surface area contributed by atoms with Gasteiger partial charge in [-0.1, -0.05) is 47.8 Å². The van der Waals surface area contributed by atoms with Crippen LogP contribution in [0.15, 0.2) is 28.7 Å². The van der Waals surface area contributed by atoms with Gasteiger partial charge in [-0.2, -0.15) is 0 Å². The van der Waals surface area contributed by atoms with Crippen LogP contribution in [0.3, 0.4) is 0 Å². The number of benzene rings is 1. The molecular weight excluding hydrogens is 310 g/mol. The lowest BCUT2D eigenvalue weighted by Crippen LogP contribution is -2.25. The van der Waals surface area contributed by atoms with Crippen LogP contribution >= 0.6 is 15.9 Å². The van der Waals surface area contributed by atoms with E-state index in [1.54, 1.807) is 0 Å². The lowest BCUT2D eigenvalue weighted by molar-refractivity contribution is 0.245. The van der Waals surface area contributed by atoms with Crippen molar-refractivity contribution in [3.8, 4) is 0 Å². The molecule has 20 heavy (non-hydrogen) atoms. The summed E-state index contributed by atoms with van der Waals surface area (Å²) in [5.41, 5.74) is 2.11. The molecule has 1 saturated carbocycles. The third-order valence-electron chi connectivity index (χ3n) is 4.78. The third-order valence-corrected chi connectivity index (χ3v) is 5.31. The van der Waals surface area contributed by atoms with Crippen molar-refractivity contribution in [1.82, 2.24) is 5.32 Å². The average molecular weight is 338 g/mol. The molecule has 0 amide bonds. The van der Waals surface area contributed by atoms with Crippen LogP contribution in [0.4, 0.5) is 0 Å². The molecule has 0 radical (unpaired) electrons. The second kappa shape index (κ2) is 8.19. The van der Waals surface area contributed by atoms with Gasteiger partial charge in [-0.3, -0.25) is 0 Å². The van der Waals surface area contributed by atoms with E-state index in [4.69, 9.17) is 0 Å². The summed E-state index contributed by atoms with van der Waals surface area (Å²) in [7, 11) is 0. The molecule has 0 aliphatic heterocycles. The van der Waals surface area contributed by atoms with Crippen LogP contribution in [0.5, 0.6) is 0 Å². The fraction of sp³-hybridized carbons (Fsp3) is 0.667. The number of hydrogen-bond acceptors (Lipinski definition) is 1. The smallest absolute Gasteiger partial charge is 0.0175 e. The van der Waals surface area contributed by atoms with Gasteiger partial charge < -0.3 is 5.32 Å². The molecule has 2 rings (SSSR count). The van der Waals surface area contributed by atoms with E-state index < -0.39 is 0 Å². The minimum absolute atomic E-state index is 0.619. The zero-order valence-electron chi connectivity index (χ0n) is 12.8. The molecule has 1 N–H and O–H groups in total. The van der Waals surface area contributed by atoms with E-state index in [1.165, 1.54) is 74.5 Å². The Hall–Kier alpha value is -0.340. The lowest BCUT2D eigenvalue weighted by Gasteiger charge is -2.29. The molecule has 0 spiro atoms. The fourth-order valence-electron chi connectivity index (χ4n) is 3.47. The van der Waals surface area contributed by atoms with Crippen molar-refractivity contribution < 1.29 is 0 Å². The third kappa shape index (κ3) is 4.89. The van der Waals surface area contributed by atoms with Crippen LogP contribution in [-0.2, 0) is 6.42 Å². The van der Waals surface area contributed by atoms with Gasteiger partial charge >= 0.3 is 0 Å². The van der Waals surface area contributed by atoms with E-state index in [-0.39, 0.29) is 0 Å². The normalized spacial score (nSPS) is 17.5. The van der Waals surface area contributed by atoms with Crippen molar-refractivity contribution in [2.75, 3.05) is 13.1 Å². The van der Waals surface area contributed by atoms with Gasteiger partial charge in [-0.05, 0) is 74.7 Å². The second-order valence-corrected chi connectivity index (χ2v) is 7.25. The standard InChI is InChI=1S/C18H28BrN/c1-2-14-20-15-13-18(10-3-4-11-18)12-9-16-5-7-17(19)8-6-16/h5-8,20H,2-4,9-15H2,1H3. The molecule has 1 aromatic rings. The summed E-state index contributed by atoms with van der Waals surface area (Å²) in [6, 6.07) is 8.86. The van der Waals surface area contributed by atoms with Crippen molar-refractivity contribution in [2.45, 2.75) is 58.3 Å². The molecule has 0 heterocycles. The van der Waals surface area contributed by atoms with Crippen LogP contribution in [0.25, 0.3) is 0 Å². The first-order chi connectivity index (χ1) is 9.74. The molecule has 1 aliphatic carbocycles. The van der Waals surface area contributed by atoms with Crippen molar-refractivity contribution >= 4 is 15.9 Å². The Morgan fingerprint density at radius 3 is 2.40 bits per heavy atom. The maximum absolute atomic E-state index is 3.59. The number of aryl methyl sites for hydroxylation is 1. The highest BCUT2D eigenvalue weighted by Crippen LogP contribution is 2.44. The minimum Gasteiger partial charge on any atom is -0.317 e. The van der Waals surface area contributed by atoms with E-state index in [0.29, 0.717) is 5.41 Å². The molecule has 112 valence electrons. The molecule has 1 nitrogen and oxygen atoms in total. The van der Waals surface area contributed by atoms with Gasteiger partial charge in [-0.25, -0.2) is 0 Å². The van der Waals surface area contributed by atoms with Crippen molar-refractivity contribution in [3.05, 3.63) is 34.3 Å². The van der Waals surface area contributed by atoms with Crippen molar-refractivity contribution in [1.29, 1.82) is 0 Å². The molecule has 2 heteroatoms. The highest BCUT2D eigenvalue weighted by Gasteiger charge is 2.32. The topological polar surface area (TPSA) is 12.0 Å². The van der Waals surface area contributed by atoms with Gasteiger partial charge in [-0.15, -0.1) is 0 Å². The predicted octanol–water partition coefficient (Wildman–Crippen LogP) is 5.33. The zero-order valence-corrected chi connectivity index (χ0v) is 14.3. The van der Waals surface area contributed by atoms with E-state index in [0.717, 1.165) is 0 Å². The number of halogens is 1. The molecule has 1 fully saturated rings. The van der Waals surface area contributed by atoms with E-state index >= 15 is 0 Å². The second-order valence-electron chi connectivity index (χ2n) is 6.33. The summed E-state index contributed by atoms with van der Waals surface area (Å²) in [6.07, 6.45) is 11.0. The SMILES string of the molecule is CCCNCCC1(CCc2ccc(Br)cc2)CCCC1. The highest BCUT2D eigenvalue weighted by atomic mass is 79.9. The minimum atomic E-state index is 0.619. The van der Waals surface area contributed by atoms with E-state index in [9.17, 15) is 0 Å². The van der Waals surface area contributed by atoms with Gasteiger partial charge in [0.1, 0.15) is 0 Å². The molecule has 0 aromatic heterocycles. The Labute approximate surface area is 132 Å². The Kier molecular flexibility index (Phi) is 6.57. The average Bonchev–Trinajstić information content (AvgIpc) is 2.93. The van der Waals surface area contributed by atoms with Crippen LogP contribution in [-0.4, -0.2) is 13.1 Å².